The smallest absolute Gasteiger partial charge is 0.225 e. The van der Waals surface area contributed by atoms with Gasteiger partial charge in [-0.15, -0.1) is 0 Å². The van der Waals surface area contributed by atoms with Crippen LogP contribution >= 0.6 is 0 Å². The Morgan fingerprint density at radius 1 is 1.19 bits per heavy atom. The minimum atomic E-state index is 0.0323. The fourth-order valence-electron chi connectivity index (χ4n) is 2.66. The predicted molar refractivity (Wildman–Crippen MR) is 82.4 cm³/mol. The second kappa shape index (κ2) is 7.25. The van der Waals surface area contributed by atoms with Crippen molar-refractivity contribution < 1.29 is 9.59 Å². The van der Waals surface area contributed by atoms with Crippen molar-refractivity contribution in [2.45, 2.75) is 33.2 Å². The number of hydrogen-bond acceptors (Lipinski definition) is 2. The average molecular weight is 288 g/mol. The van der Waals surface area contributed by atoms with Crippen LogP contribution in [0.5, 0.6) is 0 Å². The van der Waals surface area contributed by atoms with Crippen molar-refractivity contribution in [3.8, 4) is 0 Å². The SMILES string of the molecule is CC(C)C(=O)N1CCC(C(=O)NCc2ccccc2)CC1. The van der Waals surface area contributed by atoms with Gasteiger partial charge >= 0.3 is 0 Å². The molecule has 1 aliphatic heterocycles. The molecule has 0 radical (unpaired) electrons. The number of nitrogens with zero attached hydrogens (tertiary/aromatic N) is 1. The van der Waals surface area contributed by atoms with Crippen LogP contribution in [-0.4, -0.2) is 29.8 Å². The van der Waals surface area contributed by atoms with E-state index in [4.69, 9.17) is 0 Å². The summed E-state index contributed by atoms with van der Waals surface area (Å²) in [6.45, 7) is 5.80. The van der Waals surface area contributed by atoms with Crippen LogP contribution < -0.4 is 5.32 Å². The van der Waals surface area contributed by atoms with Gasteiger partial charge in [-0.1, -0.05) is 44.2 Å². The lowest BCUT2D eigenvalue weighted by Crippen LogP contribution is -2.44. The topological polar surface area (TPSA) is 49.4 Å². The van der Waals surface area contributed by atoms with E-state index < -0.39 is 0 Å². The number of carbonyl (C=O) groups excluding carboxylic acids is 2. The monoisotopic (exact) mass is 288 g/mol. The summed E-state index contributed by atoms with van der Waals surface area (Å²) in [5.41, 5.74) is 1.11. The molecule has 0 aromatic heterocycles. The molecule has 0 aliphatic carbocycles. The van der Waals surface area contributed by atoms with E-state index >= 15 is 0 Å². The fraction of sp³-hybridized carbons (Fsp3) is 0.529. The Labute approximate surface area is 126 Å². The second-order valence-electron chi connectivity index (χ2n) is 5.96. The number of likely N-dealkylation sites (tertiary alicyclic amines) is 1. The number of amides is 2. The van der Waals surface area contributed by atoms with E-state index in [1.165, 1.54) is 0 Å². The average Bonchev–Trinajstić information content (AvgIpc) is 2.53. The van der Waals surface area contributed by atoms with E-state index in [2.05, 4.69) is 5.32 Å². The fourth-order valence-corrected chi connectivity index (χ4v) is 2.66. The Morgan fingerprint density at radius 2 is 1.81 bits per heavy atom. The molecule has 1 heterocycles. The number of hydrogen-bond donors (Lipinski definition) is 1. The van der Waals surface area contributed by atoms with Crippen LogP contribution in [0.4, 0.5) is 0 Å². The van der Waals surface area contributed by atoms with Crippen LogP contribution in [0, 0.1) is 11.8 Å². The first-order valence-electron chi connectivity index (χ1n) is 7.68. The van der Waals surface area contributed by atoms with Gasteiger partial charge in [0, 0.05) is 31.5 Å². The molecule has 1 aliphatic rings. The van der Waals surface area contributed by atoms with Crippen molar-refractivity contribution in [1.82, 2.24) is 10.2 Å². The minimum Gasteiger partial charge on any atom is -0.352 e. The van der Waals surface area contributed by atoms with Gasteiger partial charge in [-0.05, 0) is 18.4 Å². The van der Waals surface area contributed by atoms with E-state index in [1.54, 1.807) is 0 Å². The molecule has 1 aromatic rings. The molecule has 1 saturated heterocycles. The lowest BCUT2D eigenvalue weighted by molar-refractivity contribution is -0.138. The summed E-state index contributed by atoms with van der Waals surface area (Å²) in [5.74, 6) is 0.368. The summed E-state index contributed by atoms with van der Waals surface area (Å²) < 4.78 is 0. The first-order valence-corrected chi connectivity index (χ1v) is 7.68. The van der Waals surface area contributed by atoms with E-state index in [1.807, 2.05) is 49.1 Å². The highest BCUT2D eigenvalue weighted by Crippen LogP contribution is 2.19. The Hall–Kier alpha value is -1.84. The zero-order chi connectivity index (χ0) is 15.2. The largest absolute Gasteiger partial charge is 0.352 e. The Bertz CT molecular complexity index is 477. The van der Waals surface area contributed by atoms with Crippen molar-refractivity contribution in [3.63, 3.8) is 0 Å². The molecule has 2 amide bonds. The van der Waals surface area contributed by atoms with Crippen molar-refractivity contribution >= 4 is 11.8 Å². The zero-order valence-corrected chi connectivity index (χ0v) is 12.8. The van der Waals surface area contributed by atoms with Crippen LogP contribution in [0.3, 0.4) is 0 Å². The molecule has 114 valence electrons. The van der Waals surface area contributed by atoms with E-state index in [9.17, 15) is 9.59 Å². The first-order chi connectivity index (χ1) is 10.1. The zero-order valence-electron chi connectivity index (χ0n) is 12.8. The highest BCUT2D eigenvalue weighted by Gasteiger charge is 2.27. The van der Waals surface area contributed by atoms with E-state index in [-0.39, 0.29) is 23.7 Å². The third-order valence-corrected chi connectivity index (χ3v) is 3.98. The van der Waals surface area contributed by atoms with Crippen LogP contribution in [0.25, 0.3) is 0 Å². The lowest BCUT2D eigenvalue weighted by Gasteiger charge is -2.32. The highest BCUT2D eigenvalue weighted by molar-refractivity contribution is 5.80. The molecule has 4 heteroatoms. The summed E-state index contributed by atoms with van der Waals surface area (Å²) in [6, 6.07) is 9.91. The number of rotatable bonds is 4. The van der Waals surface area contributed by atoms with Crippen molar-refractivity contribution in [2.24, 2.45) is 11.8 Å². The van der Waals surface area contributed by atoms with Crippen LogP contribution in [0.1, 0.15) is 32.3 Å². The minimum absolute atomic E-state index is 0.0323. The summed E-state index contributed by atoms with van der Waals surface area (Å²) in [5, 5.41) is 2.99. The summed E-state index contributed by atoms with van der Waals surface area (Å²) in [7, 11) is 0. The quantitative estimate of drug-likeness (QED) is 0.923. The Kier molecular flexibility index (Phi) is 5.37. The molecular formula is C17H24N2O2. The second-order valence-corrected chi connectivity index (χ2v) is 5.96. The Morgan fingerprint density at radius 3 is 2.38 bits per heavy atom. The summed E-state index contributed by atoms with van der Waals surface area (Å²) >= 11 is 0. The van der Waals surface area contributed by atoms with Crippen molar-refractivity contribution in [3.05, 3.63) is 35.9 Å². The summed E-state index contributed by atoms with van der Waals surface area (Å²) in [4.78, 5) is 26.0. The molecule has 0 saturated carbocycles. The highest BCUT2D eigenvalue weighted by atomic mass is 16.2. The molecule has 0 atom stereocenters. The molecule has 0 spiro atoms. The van der Waals surface area contributed by atoms with Gasteiger partial charge < -0.3 is 10.2 Å². The molecule has 0 unspecified atom stereocenters. The van der Waals surface area contributed by atoms with Gasteiger partial charge in [0.25, 0.3) is 0 Å². The van der Waals surface area contributed by atoms with E-state index in [0.717, 1.165) is 18.4 Å². The molecule has 4 nitrogen and oxygen atoms in total. The van der Waals surface area contributed by atoms with Gasteiger partial charge in [-0.2, -0.15) is 0 Å². The number of piperidine rings is 1. The number of carbonyl (C=O) groups is 2. The van der Waals surface area contributed by atoms with Crippen LogP contribution in [0.2, 0.25) is 0 Å². The van der Waals surface area contributed by atoms with Crippen LogP contribution in [-0.2, 0) is 16.1 Å². The maximum absolute atomic E-state index is 12.2. The Balaban J connectivity index is 1.77. The molecule has 1 aromatic carbocycles. The third kappa shape index (κ3) is 4.31. The van der Waals surface area contributed by atoms with Crippen molar-refractivity contribution in [1.29, 1.82) is 0 Å². The van der Waals surface area contributed by atoms with Gasteiger partial charge in [0.05, 0.1) is 0 Å². The van der Waals surface area contributed by atoms with Gasteiger partial charge in [0.2, 0.25) is 11.8 Å². The van der Waals surface area contributed by atoms with Gasteiger partial charge in [0.15, 0.2) is 0 Å². The van der Waals surface area contributed by atoms with Gasteiger partial charge in [0.1, 0.15) is 0 Å². The normalized spacial score (nSPS) is 16.0. The van der Waals surface area contributed by atoms with Crippen molar-refractivity contribution in [2.75, 3.05) is 13.1 Å². The molecule has 1 fully saturated rings. The van der Waals surface area contributed by atoms with Gasteiger partial charge in [-0.3, -0.25) is 9.59 Å². The predicted octanol–water partition coefficient (Wildman–Crippen LogP) is 2.20. The molecule has 2 rings (SSSR count). The molecular weight excluding hydrogens is 264 g/mol. The maximum atomic E-state index is 12.2. The standard InChI is InChI=1S/C17H24N2O2/c1-13(2)17(21)19-10-8-15(9-11-19)16(20)18-12-14-6-4-3-5-7-14/h3-7,13,15H,8-12H2,1-2H3,(H,18,20). The van der Waals surface area contributed by atoms with Crippen LogP contribution in [0.15, 0.2) is 30.3 Å². The number of benzene rings is 1. The summed E-state index contributed by atoms with van der Waals surface area (Å²) in [6.07, 6.45) is 1.53. The molecule has 21 heavy (non-hydrogen) atoms. The third-order valence-electron chi connectivity index (χ3n) is 3.98. The maximum Gasteiger partial charge on any atom is 0.225 e. The number of nitrogens with one attached hydrogen (secondary N) is 1. The lowest BCUT2D eigenvalue weighted by atomic mass is 9.95. The molecule has 1 N–H and O–H groups in total. The van der Waals surface area contributed by atoms with E-state index in [0.29, 0.717) is 19.6 Å². The first kappa shape index (κ1) is 15.5. The molecule has 0 bridgehead atoms. The van der Waals surface area contributed by atoms with Gasteiger partial charge in [-0.25, -0.2) is 0 Å².